The van der Waals surface area contributed by atoms with Crippen molar-refractivity contribution in [2.75, 3.05) is 0 Å². The van der Waals surface area contributed by atoms with E-state index >= 15 is 0 Å². The summed E-state index contributed by atoms with van der Waals surface area (Å²) < 4.78 is 5.98. The van der Waals surface area contributed by atoms with Gasteiger partial charge in [0.2, 0.25) is 5.91 Å². The summed E-state index contributed by atoms with van der Waals surface area (Å²) in [6.45, 7) is 5.51. The number of benzene rings is 2. The van der Waals surface area contributed by atoms with Crippen molar-refractivity contribution in [2.45, 2.75) is 58.7 Å². The molecular formula is C25H29N3O7. The molecule has 35 heavy (non-hydrogen) atoms. The van der Waals surface area contributed by atoms with Crippen LogP contribution in [0, 0.1) is 15.5 Å². The summed E-state index contributed by atoms with van der Waals surface area (Å²) in [5, 5.41) is 23.6. The minimum Gasteiger partial charge on any atom is -0.481 e. The number of carbonyl (C=O) groups is 3. The Labute approximate surface area is 203 Å². The highest BCUT2D eigenvalue weighted by Gasteiger charge is 2.63. The predicted molar refractivity (Wildman–Crippen MR) is 127 cm³/mol. The lowest BCUT2D eigenvalue weighted by Crippen LogP contribution is -2.73. The number of carboxylic acids is 1. The van der Waals surface area contributed by atoms with Crippen LogP contribution in [-0.4, -0.2) is 39.1 Å². The van der Waals surface area contributed by atoms with Gasteiger partial charge in [0.1, 0.15) is 5.41 Å². The first kappa shape index (κ1) is 25.7. The average Bonchev–Trinajstić information content (AvgIpc) is 2.84. The van der Waals surface area contributed by atoms with E-state index in [4.69, 9.17) is 9.84 Å². The largest absolute Gasteiger partial charge is 0.481 e. The van der Waals surface area contributed by atoms with Gasteiger partial charge in [0.25, 0.3) is 0 Å². The van der Waals surface area contributed by atoms with Gasteiger partial charge in [0.05, 0.1) is 17.4 Å². The number of nitro groups is 1. The quantitative estimate of drug-likeness (QED) is 0.289. The molecule has 0 aliphatic carbocycles. The van der Waals surface area contributed by atoms with Crippen molar-refractivity contribution in [2.24, 2.45) is 5.41 Å². The minimum absolute atomic E-state index is 0.138. The number of rotatable bonds is 10. The number of aliphatic carboxylic acids is 1. The number of hydrogen-bond acceptors (Lipinski definition) is 6. The molecule has 2 aromatic carbocycles. The maximum Gasteiger partial charge on any atom is 0.327 e. The normalized spacial score (nSPS) is 17.3. The summed E-state index contributed by atoms with van der Waals surface area (Å²) in [5.41, 5.74) is -0.322. The van der Waals surface area contributed by atoms with Crippen LogP contribution in [0.25, 0.3) is 0 Å². The van der Waals surface area contributed by atoms with Crippen LogP contribution in [-0.2, 0) is 16.0 Å². The number of nitrogens with one attached hydrogen (secondary N) is 1. The lowest BCUT2D eigenvalue weighted by Gasteiger charge is -2.53. The van der Waals surface area contributed by atoms with E-state index in [9.17, 15) is 24.5 Å². The second kappa shape index (κ2) is 10.5. The van der Waals surface area contributed by atoms with Gasteiger partial charge in [0, 0.05) is 6.07 Å². The first-order valence-electron chi connectivity index (χ1n) is 11.5. The number of carboxylic acid groups (broad SMARTS) is 1. The Kier molecular flexibility index (Phi) is 7.73. The highest BCUT2D eigenvalue weighted by Crippen LogP contribution is 2.47. The highest BCUT2D eigenvalue weighted by atomic mass is 16.6. The molecule has 186 valence electrons. The maximum absolute atomic E-state index is 13.2. The fourth-order valence-electron chi connectivity index (χ4n) is 4.43. The molecule has 0 unspecified atom stereocenters. The van der Waals surface area contributed by atoms with Gasteiger partial charge in [-0.1, -0.05) is 57.2 Å². The molecule has 10 nitrogen and oxygen atoms in total. The summed E-state index contributed by atoms with van der Waals surface area (Å²) >= 11 is 0. The fraction of sp³-hybridized carbons (Fsp3) is 0.400. The van der Waals surface area contributed by atoms with Crippen LogP contribution in [0.4, 0.5) is 10.5 Å². The number of ether oxygens (including phenoxy) is 1. The molecule has 3 rings (SSSR count). The monoisotopic (exact) mass is 483 g/mol. The zero-order valence-electron chi connectivity index (χ0n) is 19.9. The predicted octanol–water partition coefficient (Wildman–Crippen LogP) is 4.44. The van der Waals surface area contributed by atoms with Crippen molar-refractivity contribution in [3.8, 4) is 5.75 Å². The van der Waals surface area contributed by atoms with Crippen LogP contribution < -0.4 is 10.1 Å². The van der Waals surface area contributed by atoms with Gasteiger partial charge in [-0.3, -0.25) is 19.7 Å². The van der Waals surface area contributed by atoms with Crippen molar-refractivity contribution < 1.29 is 29.2 Å². The zero-order chi connectivity index (χ0) is 25.8. The third-order valence-corrected chi connectivity index (χ3v) is 6.55. The molecule has 0 radical (unpaired) electrons. The van der Waals surface area contributed by atoms with Crippen molar-refractivity contribution in [3.63, 3.8) is 0 Å². The maximum atomic E-state index is 13.2. The van der Waals surface area contributed by atoms with E-state index in [-0.39, 0.29) is 23.8 Å². The number of likely N-dealkylation sites (tertiary alicyclic amines) is 1. The van der Waals surface area contributed by atoms with Crippen molar-refractivity contribution in [1.82, 2.24) is 10.2 Å². The topological polar surface area (TPSA) is 139 Å². The molecule has 2 atom stereocenters. The Bertz CT molecular complexity index is 1120. The number of amides is 3. The summed E-state index contributed by atoms with van der Waals surface area (Å²) in [6.07, 6.45) is -0.104. The van der Waals surface area contributed by atoms with Crippen LogP contribution in [0.1, 0.15) is 57.2 Å². The van der Waals surface area contributed by atoms with E-state index in [0.29, 0.717) is 19.3 Å². The molecule has 1 saturated heterocycles. The SMILES string of the molecule is CC[C@@H](NC(=O)N1C(=O)C(CC)(CC)[C@@H]1Oc1ccc(CC(=O)O)cc1[N+](=O)[O-])c1ccccc1. The molecule has 0 spiro atoms. The molecule has 1 aliphatic heterocycles. The van der Waals surface area contributed by atoms with Crippen LogP contribution in [0.2, 0.25) is 0 Å². The first-order valence-corrected chi connectivity index (χ1v) is 11.5. The summed E-state index contributed by atoms with van der Waals surface area (Å²) in [5.74, 6) is -1.67. The minimum atomic E-state index is -1.12. The lowest BCUT2D eigenvalue weighted by molar-refractivity contribution is -0.386. The van der Waals surface area contributed by atoms with Crippen molar-refractivity contribution >= 4 is 23.6 Å². The Morgan fingerprint density at radius 2 is 1.83 bits per heavy atom. The summed E-state index contributed by atoms with van der Waals surface area (Å²) in [6, 6.07) is 12.2. The molecular weight excluding hydrogens is 454 g/mol. The molecule has 2 aromatic rings. The van der Waals surface area contributed by atoms with Gasteiger partial charge in [-0.2, -0.15) is 0 Å². The van der Waals surface area contributed by atoms with E-state index in [2.05, 4.69) is 5.32 Å². The Hall–Kier alpha value is -3.95. The first-order chi connectivity index (χ1) is 16.7. The Balaban J connectivity index is 1.91. The Morgan fingerprint density at radius 1 is 1.17 bits per heavy atom. The number of carbonyl (C=O) groups excluding carboxylic acids is 2. The molecule has 2 N–H and O–H groups in total. The smallest absolute Gasteiger partial charge is 0.327 e. The number of β-lactam (4-membered cyclic amide) rings is 1. The number of hydrogen-bond donors (Lipinski definition) is 2. The van der Waals surface area contributed by atoms with Gasteiger partial charge in [0.15, 0.2) is 12.0 Å². The standard InChI is InChI=1S/C25H29N3O7/c1-4-18(17-10-8-7-9-11-17)26-24(32)27-22(31)25(5-2,6-3)23(27)35-20-13-12-16(15-21(29)30)14-19(20)28(33)34/h7-14,18,23H,4-6,15H2,1-3H3,(H,26,32)(H,29,30)/t18-,23+/m1/s1. The van der Waals surface area contributed by atoms with Gasteiger partial charge in [-0.05, 0) is 36.5 Å². The van der Waals surface area contributed by atoms with Gasteiger partial charge in [-0.25, -0.2) is 9.69 Å². The molecule has 0 bridgehead atoms. The average molecular weight is 484 g/mol. The third-order valence-electron chi connectivity index (χ3n) is 6.55. The fourth-order valence-corrected chi connectivity index (χ4v) is 4.43. The van der Waals surface area contributed by atoms with E-state index in [0.717, 1.165) is 16.5 Å². The summed E-state index contributed by atoms with van der Waals surface area (Å²) in [7, 11) is 0. The number of nitrogens with zero attached hydrogens (tertiary/aromatic N) is 2. The zero-order valence-corrected chi connectivity index (χ0v) is 19.9. The van der Waals surface area contributed by atoms with Crippen LogP contribution >= 0.6 is 0 Å². The lowest BCUT2D eigenvalue weighted by atomic mass is 9.72. The van der Waals surface area contributed by atoms with Crippen molar-refractivity contribution in [1.29, 1.82) is 0 Å². The number of urea groups is 1. The second-order valence-corrected chi connectivity index (χ2v) is 8.46. The van der Waals surface area contributed by atoms with E-state index in [1.807, 2.05) is 37.3 Å². The molecule has 10 heteroatoms. The molecule has 0 saturated carbocycles. The van der Waals surface area contributed by atoms with Gasteiger partial charge in [-0.15, -0.1) is 0 Å². The highest BCUT2D eigenvalue weighted by molar-refractivity contribution is 6.03. The molecule has 0 aromatic heterocycles. The van der Waals surface area contributed by atoms with E-state index < -0.39 is 40.2 Å². The van der Waals surface area contributed by atoms with Crippen LogP contribution in [0.5, 0.6) is 5.75 Å². The number of imide groups is 1. The van der Waals surface area contributed by atoms with Crippen LogP contribution in [0.15, 0.2) is 48.5 Å². The van der Waals surface area contributed by atoms with Crippen LogP contribution in [0.3, 0.4) is 0 Å². The molecule has 1 fully saturated rings. The van der Waals surface area contributed by atoms with E-state index in [1.165, 1.54) is 12.1 Å². The molecule has 1 heterocycles. The van der Waals surface area contributed by atoms with Crippen molar-refractivity contribution in [3.05, 3.63) is 69.8 Å². The Morgan fingerprint density at radius 3 is 2.37 bits per heavy atom. The van der Waals surface area contributed by atoms with Gasteiger partial charge < -0.3 is 15.2 Å². The van der Waals surface area contributed by atoms with E-state index in [1.54, 1.807) is 13.8 Å². The third kappa shape index (κ3) is 4.96. The van der Waals surface area contributed by atoms with Gasteiger partial charge >= 0.3 is 17.7 Å². The summed E-state index contributed by atoms with van der Waals surface area (Å²) in [4.78, 5) is 49.4. The number of nitro benzene ring substituents is 1. The molecule has 1 aliphatic rings. The second-order valence-electron chi connectivity index (χ2n) is 8.46. The molecule has 3 amide bonds.